The van der Waals surface area contributed by atoms with Gasteiger partial charge in [0.05, 0.1) is 7.11 Å². The smallest absolute Gasteiger partial charge is 0.274 e. The van der Waals surface area contributed by atoms with Gasteiger partial charge in [0.1, 0.15) is 5.69 Å². The average Bonchev–Trinajstić information content (AvgIpc) is 3.14. The fraction of sp³-hybridized carbons (Fsp3) is 0.273. The van der Waals surface area contributed by atoms with Crippen LogP contribution in [0.4, 0.5) is 11.4 Å². The van der Waals surface area contributed by atoms with Gasteiger partial charge in [-0.15, -0.1) is 0 Å². The molecule has 0 spiro atoms. The van der Waals surface area contributed by atoms with Crippen LogP contribution in [-0.4, -0.2) is 31.1 Å². The number of amides is 1. The van der Waals surface area contributed by atoms with Gasteiger partial charge in [-0.1, -0.05) is 25.1 Å². The standard InChI is InChI=1S/C22H23N3O2/c1-15-11-12-25(14-15)18-9-7-17(8-10-18)23-21(26)20-13-16-5-3-4-6-19(16)22(24-20)27-2/h3-10,13,15H,11-12,14H2,1-2H3,(H,23,26). The van der Waals surface area contributed by atoms with E-state index in [1.807, 2.05) is 36.4 Å². The SMILES string of the molecule is COc1nc(C(=O)Nc2ccc(N3CCC(C)C3)cc2)cc2ccccc12. The van der Waals surface area contributed by atoms with Gasteiger partial charge >= 0.3 is 0 Å². The van der Waals surface area contributed by atoms with Gasteiger partial charge in [0.2, 0.25) is 5.88 Å². The Bertz CT molecular complexity index is 969. The van der Waals surface area contributed by atoms with Crippen LogP contribution in [0.3, 0.4) is 0 Å². The lowest BCUT2D eigenvalue weighted by Crippen LogP contribution is -2.19. The van der Waals surface area contributed by atoms with Crippen molar-refractivity contribution in [3.8, 4) is 5.88 Å². The molecule has 5 nitrogen and oxygen atoms in total. The van der Waals surface area contributed by atoms with Gasteiger partial charge < -0.3 is 15.0 Å². The zero-order chi connectivity index (χ0) is 18.8. The second-order valence-corrected chi connectivity index (χ2v) is 7.08. The van der Waals surface area contributed by atoms with E-state index in [2.05, 4.69) is 34.3 Å². The maximum atomic E-state index is 12.7. The lowest BCUT2D eigenvalue weighted by Gasteiger charge is -2.18. The molecule has 0 aliphatic carbocycles. The van der Waals surface area contributed by atoms with Crippen molar-refractivity contribution in [2.45, 2.75) is 13.3 Å². The number of rotatable bonds is 4. The van der Waals surface area contributed by atoms with Crippen molar-refractivity contribution in [1.82, 2.24) is 4.98 Å². The van der Waals surface area contributed by atoms with Crippen molar-refractivity contribution in [1.29, 1.82) is 0 Å². The second-order valence-electron chi connectivity index (χ2n) is 7.08. The third kappa shape index (κ3) is 3.58. The van der Waals surface area contributed by atoms with E-state index in [1.165, 1.54) is 12.1 Å². The van der Waals surface area contributed by atoms with Gasteiger partial charge in [-0.2, -0.15) is 0 Å². The Kier molecular flexibility index (Phi) is 4.67. The number of benzene rings is 2. The van der Waals surface area contributed by atoms with Gasteiger partial charge in [0.25, 0.3) is 5.91 Å². The highest BCUT2D eigenvalue weighted by Crippen LogP contribution is 2.26. The molecule has 1 fully saturated rings. The monoisotopic (exact) mass is 361 g/mol. The van der Waals surface area contributed by atoms with Gasteiger partial charge in [0.15, 0.2) is 0 Å². The highest BCUT2D eigenvalue weighted by atomic mass is 16.5. The van der Waals surface area contributed by atoms with Crippen LogP contribution in [0.1, 0.15) is 23.8 Å². The number of carbonyl (C=O) groups is 1. The summed E-state index contributed by atoms with van der Waals surface area (Å²) in [6.07, 6.45) is 1.23. The maximum Gasteiger partial charge on any atom is 0.274 e. The summed E-state index contributed by atoms with van der Waals surface area (Å²) in [6.45, 7) is 4.46. The molecule has 0 bridgehead atoms. The molecule has 0 saturated carbocycles. The topological polar surface area (TPSA) is 54.5 Å². The first-order valence-corrected chi connectivity index (χ1v) is 9.24. The summed E-state index contributed by atoms with van der Waals surface area (Å²) >= 11 is 0. The third-order valence-corrected chi connectivity index (χ3v) is 5.05. The van der Waals surface area contributed by atoms with E-state index in [4.69, 9.17) is 4.74 Å². The largest absolute Gasteiger partial charge is 0.481 e. The van der Waals surface area contributed by atoms with Crippen LogP contribution in [0, 0.1) is 5.92 Å². The van der Waals surface area contributed by atoms with E-state index >= 15 is 0 Å². The minimum Gasteiger partial charge on any atom is -0.481 e. The van der Waals surface area contributed by atoms with Crippen molar-refractivity contribution in [3.05, 3.63) is 60.3 Å². The number of nitrogens with zero attached hydrogens (tertiary/aromatic N) is 2. The number of aromatic nitrogens is 1. The predicted octanol–water partition coefficient (Wildman–Crippen LogP) is 4.34. The number of fused-ring (bicyclic) bond motifs is 1. The van der Waals surface area contributed by atoms with Crippen molar-refractivity contribution in [2.24, 2.45) is 5.92 Å². The van der Waals surface area contributed by atoms with E-state index < -0.39 is 0 Å². The fourth-order valence-corrected chi connectivity index (χ4v) is 3.56. The molecule has 1 amide bonds. The molecule has 1 unspecified atom stereocenters. The zero-order valence-corrected chi connectivity index (χ0v) is 15.6. The molecule has 3 aromatic rings. The van der Waals surface area contributed by atoms with E-state index in [1.54, 1.807) is 13.2 Å². The lowest BCUT2D eigenvalue weighted by atomic mass is 10.1. The summed E-state index contributed by atoms with van der Waals surface area (Å²) in [5.41, 5.74) is 2.29. The van der Waals surface area contributed by atoms with Crippen molar-refractivity contribution in [2.75, 3.05) is 30.4 Å². The fourth-order valence-electron chi connectivity index (χ4n) is 3.56. The first kappa shape index (κ1) is 17.3. The average molecular weight is 361 g/mol. The number of anilines is 2. The van der Waals surface area contributed by atoms with E-state index in [9.17, 15) is 4.79 Å². The number of nitrogens with one attached hydrogen (secondary N) is 1. The van der Waals surface area contributed by atoms with Crippen molar-refractivity contribution in [3.63, 3.8) is 0 Å². The molecule has 27 heavy (non-hydrogen) atoms. The Balaban J connectivity index is 1.53. The van der Waals surface area contributed by atoms with Gasteiger partial charge in [-0.25, -0.2) is 4.98 Å². The molecule has 1 aliphatic rings. The van der Waals surface area contributed by atoms with Gasteiger partial charge in [-0.05, 0) is 54.1 Å². The normalized spacial score (nSPS) is 16.5. The number of pyridine rings is 1. The Morgan fingerprint density at radius 1 is 1.19 bits per heavy atom. The Labute approximate surface area is 159 Å². The van der Waals surface area contributed by atoms with E-state index in [-0.39, 0.29) is 5.91 Å². The van der Waals surface area contributed by atoms with Crippen LogP contribution < -0.4 is 15.0 Å². The molecule has 1 saturated heterocycles. The summed E-state index contributed by atoms with van der Waals surface area (Å²) in [7, 11) is 1.56. The molecular weight excluding hydrogens is 338 g/mol. The van der Waals surface area contributed by atoms with Crippen LogP contribution in [0.15, 0.2) is 54.6 Å². The minimum absolute atomic E-state index is 0.249. The first-order chi connectivity index (χ1) is 13.1. The molecule has 1 aliphatic heterocycles. The molecule has 2 aromatic carbocycles. The Hall–Kier alpha value is -3.08. The molecule has 1 atom stereocenters. The van der Waals surface area contributed by atoms with Crippen LogP contribution in [0.2, 0.25) is 0 Å². The summed E-state index contributed by atoms with van der Waals surface area (Å²) in [6, 6.07) is 17.5. The number of hydrogen-bond donors (Lipinski definition) is 1. The van der Waals surface area contributed by atoms with Crippen molar-refractivity contribution < 1.29 is 9.53 Å². The Morgan fingerprint density at radius 2 is 1.96 bits per heavy atom. The maximum absolute atomic E-state index is 12.7. The highest BCUT2D eigenvalue weighted by molar-refractivity contribution is 6.05. The van der Waals surface area contributed by atoms with Crippen LogP contribution in [-0.2, 0) is 0 Å². The summed E-state index contributed by atoms with van der Waals surface area (Å²) in [4.78, 5) is 19.4. The predicted molar refractivity (Wildman–Crippen MR) is 109 cm³/mol. The van der Waals surface area contributed by atoms with Gasteiger partial charge in [-0.3, -0.25) is 4.79 Å². The molecule has 0 radical (unpaired) electrons. The highest BCUT2D eigenvalue weighted by Gasteiger charge is 2.19. The number of ether oxygens (including phenoxy) is 1. The van der Waals surface area contributed by atoms with Crippen LogP contribution >= 0.6 is 0 Å². The number of methoxy groups -OCH3 is 1. The van der Waals surface area contributed by atoms with E-state index in [0.717, 1.165) is 35.5 Å². The molecule has 5 heteroatoms. The molecule has 1 aromatic heterocycles. The van der Waals surface area contributed by atoms with E-state index in [0.29, 0.717) is 11.6 Å². The molecule has 138 valence electrons. The lowest BCUT2D eigenvalue weighted by molar-refractivity contribution is 0.102. The number of carbonyl (C=O) groups excluding carboxylic acids is 1. The third-order valence-electron chi connectivity index (χ3n) is 5.05. The zero-order valence-electron chi connectivity index (χ0n) is 15.6. The molecule has 4 rings (SSSR count). The second kappa shape index (κ2) is 7.27. The minimum atomic E-state index is -0.249. The molecular formula is C22H23N3O2. The van der Waals surface area contributed by atoms with Crippen molar-refractivity contribution >= 4 is 28.1 Å². The van der Waals surface area contributed by atoms with Crippen LogP contribution in [0.5, 0.6) is 5.88 Å². The summed E-state index contributed by atoms with van der Waals surface area (Å²) in [5.74, 6) is 0.941. The number of hydrogen-bond acceptors (Lipinski definition) is 4. The summed E-state index contributed by atoms with van der Waals surface area (Å²) < 4.78 is 5.35. The molecule has 1 N–H and O–H groups in total. The van der Waals surface area contributed by atoms with Crippen LogP contribution in [0.25, 0.3) is 10.8 Å². The van der Waals surface area contributed by atoms with Gasteiger partial charge in [0, 0.05) is 29.9 Å². The quantitative estimate of drug-likeness (QED) is 0.751. The molecule has 2 heterocycles. The summed E-state index contributed by atoms with van der Waals surface area (Å²) in [5, 5.41) is 4.74. The Morgan fingerprint density at radius 3 is 2.67 bits per heavy atom. The first-order valence-electron chi connectivity index (χ1n) is 9.24.